The molecular weight excluding hydrogens is 420 g/mol. The second-order valence-electron chi connectivity index (χ2n) is 7.50. The molecule has 30 heavy (non-hydrogen) atoms. The van der Waals surface area contributed by atoms with E-state index < -0.39 is 16.1 Å². The lowest BCUT2D eigenvalue weighted by Crippen LogP contribution is -2.42. The van der Waals surface area contributed by atoms with Gasteiger partial charge in [0.1, 0.15) is 0 Å². The van der Waals surface area contributed by atoms with Gasteiger partial charge in [-0.3, -0.25) is 4.79 Å². The Morgan fingerprint density at radius 3 is 2.57 bits per heavy atom. The average molecular weight is 445 g/mol. The Balaban J connectivity index is 1.72. The van der Waals surface area contributed by atoms with E-state index in [4.69, 9.17) is 4.74 Å². The van der Waals surface area contributed by atoms with Crippen LogP contribution >= 0.6 is 11.3 Å². The summed E-state index contributed by atoms with van der Waals surface area (Å²) < 4.78 is 34.7. The lowest BCUT2D eigenvalue weighted by molar-refractivity contribution is -0.00193. The molecule has 1 atom stereocenters. The van der Waals surface area contributed by atoms with E-state index in [-0.39, 0.29) is 36.5 Å². The van der Waals surface area contributed by atoms with Crippen molar-refractivity contribution in [1.29, 1.82) is 0 Å². The Morgan fingerprint density at radius 2 is 1.83 bits per heavy atom. The fraction of sp³-hybridized carbons (Fsp3) is 0.318. The van der Waals surface area contributed by atoms with Crippen LogP contribution in [0.1, 0.15) is 35.2 Å². The topological polar surface area (TPSA) is 75.7 Å². The van der Waals surface area contributed by atoms with Crippen LogP contribution in [0.2, 0.25) is 0 Å². The van der Waals surface area contributed by atoms with Crippen LogP contribution in [-0.4, -0.2) is 44.4 Å². The highest BCUT2D eigenvalue weighted by atomic mass is 32.2. The summed E-state index contributed by atoms with van der Waals surface area (Å²) in [6.07, 6.45) is -0.513. The zero-order chi connectivity index (χ0) is 21.3. The molecule has 0 radical (unpaired) electrons. The number of nitrogens with one attached hydrogen (secondary N) is 1. The van der Waals surface area contributed by atoms with Gasteiger partial charge in [-0.25, -0.2) is 8.42 Å². The molecule has 2 heterocycles. The van der Waals surface area contributed by atoms with Crippen molar-refractivity contribution in [3.05, 3.63) is 65.0 Å². The normalized spacial score (nSPS) is 18.0. The number of benzene rings is 2. The first kappa shape index (κ1) is 21.0. The number of carbonyl (C=O) groups excluding carboxylic acids is 1. The van der Waals surface area contributed by atoms with Gasteiger partial charge in [0.2, 0.25) is 10.0 Å². The lowest BCUT2D eigenvalue weighted by Gasteiger charge is -2.32. The van der Waals surface area contributed by atoms with Gasteiger partial charge < -0.3 is 10.1 Å². The highest BCUT2D eigenvalue weighted by Gasteiger charge is 2.35. The summed E-state index contributed by atoms with van der Waals surface area (Å²) in [5.41, 5.74) is 0.765. The Bertz CT molecular complexity index is 1160. The molecule has 1 aliphatic heterocycles. The summed E-state index contributed by atoms with van der Waals surface area (Å²) in [6.45, 7) is 4.54. The number of amides is 1. The highest BCUT2D eigenvalue weighted by molar-refractivity contribution is 7.89. The van der Waals surface area contributed by atoms with E-state index in [2.05, 4.69) is 5.32 Å². The van der Waals surface area contributed by atoms with E-state index in [0.717, 1.165) is 15.6 Å². The number of hydrogen-bond donors (Lipinski definition) is 1. The third-order valence-corrected chi connectivity index (χ3v) is 8.06. The van der Waals surface area contributed by atoms with Gasteiger partial charge in [-0.05, 0) is 37.4 Å². The van der Waals surface area contributed by atoms with Crippen LogP contribution in [0.3, 0.4) is 0 Å². The van der Waals surface area contributed by atoms with Crippen molar-refractivity contribution < 1.29 is 17.9 Å². The van der Waals surface area contributed by atoms with Crippen LogP contribution in [0.25, 0.3) is 10.1 Å². The molecule has 1 aromatic heterocycles. The van der Waals surface area contributed by atoms with Gasteiger partial charge in [-0.1, -0.05) is 36.4 Å². The molecule has 0 aliphatic carbocycles. The first-order valence-electron chi connectivity index (χ1n) is 9.87. The number of morpholine rings is 1. The maximum Gasteiger partial charge on any atom is 0.261 e. The predicted molar refractivity (Wildman–Crippen MR) is 118 cm³/mol. The van der Waals surface area contributed by atoms with Crippen LogP contribution in [0.15, 0.2) is 59.5 Å². The van der Waals surface area contributed by atoms with Crippen molar-refractivity contribution >= 4 is 37.4 Å². The number of nitrogens with zero attached hydrogens (tertiary/aromatic N) is 1. The average Bonchev–Trinajstić information content (AvgIpc) is 3.14. The zero-order valence-electron chi connectivity index (χ0n) is 16.9. The Labute approximate surface area is 180 Å². The second-order valence-corrected chi connectivity index (χ2v) is 10.5. The van der Waals surface area contributed by atoms with Crippen molar-refractivity contribution in [3.8, 4) is 0 Å². The maximum atomic E-state index is 13.1. The molecule has 1 N–H and O–H groups in total. The molecule has 4 rings (SSSR count). The van der Waals surface area contributed by atoms with Gasteiger partial charge in [-0.2, -0.15) is 4.31 Å². The molecule has 0 unspecified atom stereocenters. The number of ether oxygens (including phenoxy) is 1. The number of hydrogen-bond acceptors (Lipinski definition) is 5. The molecule has 1 amide bonds. The molecule has 6 nitrogen and oxygen atoms in total. The Hall–Kier alpha value is -2.26. The van der Waals surface area contributed by atoms with E-state index in [1.54, 1.807) is 30.3 Å². The highest BCUT2D eigenvalue weighted by Crippen LogP contribution is 2.39. The molecule has 1 fully saturated rings. The minimum absolute atomic E-state index is 0.00204. The molecule has 1 saturated heterocycles. The minimum Gasteiger partial charge on any atom is -0.371 e. The number of carbonyl (C=O) groups is 1. The van der Waals surface area contributed by atoms with Crippen LogP contribution in [0.4, 0.5) is 0 Å². The first-order chi connectivity index (χ1) is 14.4. The van der Waals surface area contributed by atoms with Gasteiger partial charge in [0.25, 0.3) is 5.91 Å². The van der Waals surface area contributed by atoms with Crippen molar-refractivity contribution in [3.63, 3.8) is 0 Å². The fourth-order valence-electron chi connectivity index (χ4n) is 3.64. The minimum atomic E-state index is -3.64. The molecule has 3 aromatic rings. The van der Waals surface area contributed by atoms with Crippen LogP contribution in [-0.2, 0) is 14.8 Å². The summed E-state index contributed by atoms with van der Waals surface area (Å²) in [7, 11) is -3.64. The molecule has 8 heteroatoms. The van der Waals surface area contributed by atoms with E-state index in [0.29, 0.717) is 4.88 Å². The van der Waals surface area contributed by atoms with Crippen molar-refractivity contribution in [1.82, 2.24) is 9.62 Å². The largest absolute Gasteiger partial charge is 0.371 e. The standard InChI is InChI=1S/C22H24N2O4S2/c1-15(2)23-22(25)21-20(17-10-6-7-11-19(17)29-21)18-14-24(12-13-28-18)30(26,27)16-8-4-3-5-9-16/h3-11,15,18H,12-14H2,1-2H3,(H,23,25)/t18-/m1/s1. The molecule has 2 aromatic carbocycles. The number of thiophene rings is 1. The molecule has 0 bridgehead atoms. The molecule has 0 saturated carbocycles. The lowest BCUT2D eigenvalue weighted by atomic mass is 10.0. The van der Waals surface area contributed by atoms with Crippen molar-refractivity contribution in [2.24, 2.45) is 0 Å². The fourth-order valence-corrected chi connectivity index (χ4v) is 6.24. The SMILES string of the molecule is CC(C)NC(=O)c1sc2ccccc2c1[C@H]1CN(S(=O)(=O)c2ccccc2)CCO1. The molecule has 158 valence electrons. The Morgan fingerprint density at radius 1 is 1.13 bits per heavy atom. The monoisotopic (exact) mass is 444 g/mol. The predicted octanol–water partition coefficient (Wildman–Crippen LogP) is 3.80. The van der Waals surface area contributed by atoms with Gasteiger partial charge in [-0.15, -0.1) is 11.3 Å². The second kappa shape index (κ2) is 8.47. The number of sulfonamides is 1. The van der Waals surface area contributed by atoms with Crippen molar-refractivity contribution in [2.45, 2.75) is 30.9 Å². The van der Waals surface area contributed by atoms with Crippen LogP contribution in [0, 0.1) is 0 Å². The van der Waals surface area contributed by atoms with Gasteiger partial charge in [0, 0.05) is 29.4 Å². The summed E-state index contributed by atoms with van der Waals surface area (Å²) in [5, 5.41) is 3.88. The molecule has 0 spiro atoms. The molecular formula is C22H24N2O4S2. The van der Waals surface area contributed by atoms with E-state index in [1.165, 1.54) is 15.6 Å². The summed E-state index contributed by atoms with van der Waals surface area (Å²) in [6, 6.07) is 16.2. The third-order valence-electron chi connectivity index (χ3n) is 4.99. The van der Waals surface area contributed by atoms with E-state index in [9.17, 15) is 13.2 Å². The van der Waals surface area contributed by atoms with Crippen LogP contribution in [0.5, 0.6) is 0 Å². The summed E-state index contributed by atoms with van der Waals surface area (Å²) in [4.78, 5) is 13.7. The Kier molecular flexibility index (Phi) is 5.92. The molecule has 1 aliphatic rings. The third kappa shape index (κ3) is 4.00. The van der Waals surface area contributed by atoms with E-state index in [1.807, 2.05) is 38.1 Å². The zero-order valence-corrected chi connectivity index (χ0v) is 18.5. The van der Waals surface area contributed by atoms with Crippen molar-refractivity contribution in [2.75, 3.05) is 19.7 Å². The van der Waals surface area contributed by atoms with Gasteiger partial charge in [0.15, 0.2) is 0 Å². The first-order valence-corrected chi connectivity index (χ1v) is 12.1. The summed E-state index contributed by atoms with van der Waals surface area (Å²) >= 11 is 1.41. The van der Waals surface area contributed by atoms with Gasteiger partial charge >= 0.3 is 0 Å². The van der Waals surface area contributed by atoms with Gasteiger partial charge in [0.05, 0.1) is 22.5 Å². The van der Waals surface area contributed by atoms with Crippen LogP contribution < -0.4 is 5.32 Å². The number of fused-ring (bicyclic) bond motifs is 1. The van der Waals surface area contributed by atoms with E-state index >= 15 is 0 Å². The summed E-state index contributed by atoms with van der Waals surface area (Å²) in [5.74, 6) is -0.159. The smallest absolute Gasteiger partial charge is 0.261 e. The number of rotatable bonds is 5. The quantitative estimate of drug-likeness (QED) is 0.649. The maximum absolute atomic E-state index is 13.1.